The molecule has 0 aromatic heterocycles. The second-order valence-electron chi connectivity index (χ2n) is 10.7. The van der Waals surface area contributed by atoms with Gasteiger partial charge in [0, 0.05) is 39.3 Å². The number of fused-ring (bicyclic) bond motifs is 1. The fraction of sp³-hybridized carbons (Fsp3) is 0.913. The zero-order chi connectivity index (χ0) is 25.3. The van der Waals surface area contributed by atoms with Gasteiger partial charge in [-0.15, -0.1) is 0 Å². The Balaban J connectivity index is 1.40. The van der Waals surface area contributed by atoms with E-state index in [2.05, 4.69) is 10.4 Å². The smallest absolute Gasteiger partial charge is 0.410 e. The maximum atomic E-state index is 13.0. The summed E-state index contributed by atoms with van der Waals surface area (Å²) in [6, 6.07) is -0.349. The molecule has 0 aromatic rings. The van der Waals surface area contributed by atoms with E-state index in [-0.39, 0.29) is 42.2 Å². The summed E-state index contributed by atoms with van der Waals surface area (Å²) in [6.45, 7) is 9.54. The lowest BCUT2D eigenvalue weighted by Crippen LogP contribution is -2.67. The molecule has 4 rings (SSSR count). The molecule has 3 saturated heterocycles. The number of ether oxygens (including phenoxy) is 2. The molecule has 1 aliphatic carbocycles. The van der Waals surface area contributed by atoms with Crippen molar-refractivity contribution in [2.75, 3.05) is 52.1 Å². The summed E-state index contributed by atoms with van der Waals surface area (Å²) in [5.74, 6) is 1.05. The van der Waals surface area contributed by atoms with Crippen LogP contribution in [-0.2, 0) is 19.5 Å². The Morgan fingerprint density at radius 3 is 2.49 bits per heavy atom. The number of hydrazine groups is 1. The number of rotatable bonds is 5. The normalized spacial score (nSPS) is 33.7. The van der Waals surface area contributed by atoms with Crippen LogP contribution in [0.4, 0.5) is 9.59 Å². The zero-order valence-electron chi connectivity index (χ0n) is 21.4. The van der Waals surface area contributed by atoms with Gasteiger partial charge in [0.25, 0.3) is 0 Å². The highest BCUT2D eigenvalue weighted by Crippen LogP contribution is 2.40. The fourth-order valence-corrected chi connectivity index (χ4v) is 7.82. The minimum Gasteiger partial charge on any atom is -0.453 e. The summed E-state index contributed by atoms with van der Waals surface area (Å²) in [7, 11) is -1.68. The zero-order valence-corrected chi connectivity index (χ0v) is 22.2. The van der Waals surface area contributed by atoms with Gasteiger partial charge in [0.2, 0.25) is 10.0 Å². The lowest BCUT2D eigenvalue weighted by atomic mass is 9.73. The number of methoxy groups -OCH3 is 1. The number of amides is 2. The Morgan fingerprint density at radius 1 is 1.06 bits per heavy atom. The summed E-state index contributed by atoms with van der Waals surface area (Å²) >= 11 is 0. The van der Waals surface area contributed by atoms with Crippen molar-refractivity contribution in [2.45, 2.75) is 70.7 Å². The number of carbonyl (C=O) groups is 2. The number of piperazine rings is 1. The third kappa shape index (κ3) is 5.70. The van der Waals surface area contributed by atoms with Gasteiger partial charge in [-0.25, -0.2) is 27.3 Å². The predicted molar refractivity (Wildman–Crippen MR) is 130 cm³/mol. The fourth-order valence-electron chi connectivity index (χ4n) is 6.30. The summed E-state index contributed by atoms with van der Waals surface area (Å²) in [6.07, 6.45) is 2.43. The molecule has 4 aliphatic rings. The third-order valence-corrected chi connectivity index (χ3v) is 9.95. The molecule has 0 spiro atoms. The second kappa shape index (κ2) is 10.8. The molecule has 2 amide bonds. The number of carbonyl (C=O) groups excluding carboxylic acids is 2. The average molecular weight is 516 g/mol. The molecule has 1 N–H and O–H groups in total. The monoisotopic (exact) mass is 515 g/mol. The molecule has 5 atom stereocenters. The van der Waals surface area contributed by atoms with E-state index in [1.165, 1.54) is 7.11 Å². The second-order valence-corrected chi connectivity index (χ2v) is 12.7. The van der Waals surface area contributed by atoms with Crippen molar-refractivity contribution in [3.63, 3.8) is 0 Å². The molecule has 0 bridgehead atoms. The Kier molecular flexibility index (Phi) is 8.14. The minimum absolute atomic E-state index is 0.0898. The molecule has 4 unspecified atom stereocenters. The van der Waals surface area contributed by atoms with Gasteiger partial charge in [-0.2, -0.15) is 0 Å². The van der Waals surface area contributed by atoms with Gasteiger partial charge in [-0.3, -0.25) is 10.3 Å². The molecular weight excluding hydrogens is 474 g/mol. The van der Waals surface area contributed by atoms with Crippen LogP contribution in [0.25, 0.3) is 0 Å². The standard InChI is InChI=1S/C23H41N5O6S/c1-16(2)34-22(29)27-14-17(3)28(23(30)33-4)20-7-6-18(12-21(20)27)19-13-24-25(15-19)9-10-26-8-5-11-35(26,31)32/h16-21,24H,5-15H2,1-4H3/t17-,18?,19?,20?,21?/m0/s1. The summed E-state index contributed by atoms with van der Waals surface area (Å²) in [5.41, 5.74) is 3.45. The largest absolute Gasteiger partial charge is 0.453 e. The number of hydrogen-bond donors (Lipinski definition) is 1. The van der Waals surface area contributed by atoms with E-state index in [1.54, 1.807) is 4.31 Å². The number of nitrogens with one attached hydrogen (secondary N) is 1. The van der Waals surface area contributed by atoms with Crippen LogP contribution in [0.1, 0.15) is 46.5 Å². The predicted octanol–water partition coefficient (Wildman–Crippen LogP) is 1.31. The van der Waals surface area contributed by atoms with Gasteiger partial charge in [-0.1, -0.05) is 0 Å². The van der Waals surface area contributed by atoms with E-state index in [9.17, 15) is 18.0 Å². The van der Waals surface area contributed by atoms with Crippen molar-refractivity contribution in [2.24, 2.45) is 11.8 Å². The van der Waals surface area contributed by atoms with Crippen molar-refractivity contribution in [3.8, 4) is 0 Å². The molecule has 11 nitrogen and oxygen atoms in total. The summed E-state index contributed by atoms with van der Waals surface area (Å²) in [5, 5.41) is 2.14. The Bertz CT molecular complexity index is 886. The molecule has 1 saturated carbocycles. The molecule has 200 valence electrons. The summed E-state index contributed by atoms with van der Waals surface area (Å²) in [4.78, 5) is 29.2. The SMILES string of the molecule is COC(=O)N1C2CCC(C3CNN(CCN4CCCS4(=O)=O)C3)CC2N(C(=O)OC(C)C)C[C@@H]1C. The Hall–Kier alpha value is -1.63. The van der Waals surface area contributed by atoms with Crippen LogP contribution in [0.5, 0.6) is 0 Å². The number of hydrogen-bond acceptors (Lipinski definition) is 8. The minimum atomic E-state index is -3.08. The van der Waals surface area contributed by atoms with Crippen LogP contribution < -0.4 is 5.43 Å². The van der Waals surface area contributed by atoms with E-state index in [0.717, 1.165) is 32.4 Å². The first-order valence-electron chi connectivity index (χ1n) is 12.9. The maximum Gasteiger partial charge on any atom is 0.410 e. The number of nitrogens with zero attached hydrogens (tertiary/aromatic N) is 4. The van der Waals surface area contributed by atoms with Crippen molar-refractivity contribution in [3.05, 3.63) is 0 Å². The first-order chi connectivity index (χ1) is 16.6. The first-order valence-corrected chi connectivity index (χ1v) is 14.5. The molecular formula is C23H41N5O6S. The lowest BCUT2D eigenvalue weighted by molar-refractivity contribution is -0.0443. The highest BCUT2D eigenvalue weighted by atomic mass is 32.2. The Labute approximate surface area is 209 Å². The van der Waals surface area contributed by atoms with Gasteiger partial charge < -0.3 is 14.4 Å². The maximum absolute atomic E-state index is 13.0. The van der Waals surface area contributed by atoms with Crippen LogP contribution in [-0.4, -0.2) is 116 Å². The first kappa shape index (κ1) is 26.4. The van der Waals surface area contributed by atoms with Gasteiger partial charge in [-0.05, 0) is 58.3 Å². The van der Waals surface area contributed by atoms with E-state index < -0.39 is 10.0 Å². The van der Waals surface area contributed by atoms with Crippen LogP contribution in [0.15, 0.2) is 0 Å². The van der Waals surface area contributed by atoms with E-state index >= 15 is 0 Å². The average Bonchev–Trinajstić information content (AvgIpc) is 3.41. The van der Waals surface area contributed by atoms with Crippen LogP contribution in [0, 0.1) is 11.8 Å². The summed E-state index contributed by atoms with van der Waals surface area (Å²) < 4.78 is 36.4. The highest BCUT2D eigenvalue weighted by Gasteiger charge is 2.49. The van der Waals surface area contributed by atoms with Crippen molar-refractivity contribution in [1.29, 1.82) is 0 Å². The van der Waals surface area contributed by atoms with Gasteiger partial charge in [0.05, 0.1) is 37.1 Å². The highest BCUT2D eigenvalue weighted by molar-refractivity contribution is 7.89. The van der Waals surface area contributed by atoms with Crippen molar-refractivity contribution < 1.29 is 27.5 Å². The topological polar surface area (TPSA) is 112 Å². The Morgan fingerprint density at radius 2 is 1.83 bits per heavy atom. The van der Waals surface area contributed by atoms with Crippen LogP contribution >= 0.6 is 0 Å². The van der Waals surface area contributed by atoms with Gasteiger partial charge in [0.1, 0.15) is 0 Å². The quantitative estimate of drug-likeness (QED) is 0.584. The molecule has 3 aliphatic heterocycles. The van der Waals surface area contributed by atoms with Gasteiger partial charge >= 0.3 is 12.2 Å². The van der Waals surface area contributed by atoms with E-state index in [4.69, 9.17) is 9.47 Å². The van der Waals surface area contributed by atoms with E-state index in [1.807, 2.05) is 30.6 Å². The van der Waals surface area contributed by atoms with Crippen LogP contribution in [0.2, 0.25) is 0 Å². The molecule has 35 heavy (non-hydrogen) atoms. The third-order valence-electron chi connectivity index (χ3n) is 7.99. The van der Waals surface area contributed by atoms with Gasteiger partial charge in [0.15, 0.2) is 0 Å². The van der Waals surface area contributed by atoms with Crippen molar-refractivity contribution >= 4 is 22.2 Å². The van der Waals surface area contributed by atoms with Crippen molar-refractivity contribution in [1.82, 2.24) is 24.5 Å². The number of sulfonamides is 1. The van der Waals surface area contributed by atoms with Crippen LogP contribution in [0.3, 0.4) is 0 Å². The molecule has 12 heteroatoms. The lowest BCUT2D eigenvalue weighted by Gasteiger charge is -2.53. The molecule has 3 heterocycles. The van der Waals surface area contributed by atoms with E-state index in [0.29, 0.717) is 44.4 Å². The molecule has 0 aromatic carbocycles. The molecule has 0 radical (unpaired) electrons. The molecule has 4 fully saturated rings.